The zero-order valence-electron chi connectivity index (χ0n) is 11.0. The van der Waals surface area contributed by atoms with Crippen molar-refractivity contribution in [2.75, 3.05) is 5.75 Å². The largest absolute Gasteiger partial charge is 0.378 e. The first-order valence-electron chi connectivity index (χ1n) is 6.43. The molecule has 1 aromatic carbocycles. The van der Waals surface area contributed by atoms with Crippen molar-refractivity contribution in [1.29, 1.82) is 0 Å². The van der Waals surface area contributed by atoms with Gasteiger partial charge in [0.05, 0.1) is 6.54 Å². The zero-order chi connectivity index (χ0) is 14.9. The molecule has 1 atom stereocenters. The van der Waals surface area contributed by atoms with Gasteiger partial charge in [0.2, 0.25) is 0 Å². The van der Waals surface area contributed by atoms with Gasteiger partial charge in [-0.25, -0.2) is 9.67 Å². The first-order chi connectivity index (χ1) is 10.1. The van der Waals surface area contributed by atoms with Gasteiger partial charge < -0.3 is 5.11 Å². The van der Waals surface area contributed by atoms with E-state index in [9.17, 15) is 5.11 Å². The van der Waals surface area contributed by atoms with Gasteiger partial charge in [0.15, 0.2) is 0 Å². The SMILES string of the molecule is O[C@](Cn1cncn1)(C1=CCCS1)c1ccc(Cl)cc1Cl. The Labute approximate surface area is 136 Å². The van der Waals surface area contributed by atoms with Crippen LogP contribution in [0, 0.1) is 0 Å². The smallest absolute Gasteiger partial charge is 0.141 e. The summed E-state index contributed by atoms with van der Waals surface area (Å²) in [6.07, 6.45) is 6.01. The predicted molar refractivity (Wildman–Crippen MR) is 85.5 cm³/mol. The fraction of sp³-hybridized carbons (Fsp3) is 0.286. The second kappa shape index (κ2) is 6.01. The molecular weight excluding hydrogens is 329 g/mol. The average molecular weight is 342 g/mol. The number of halogens is 2. The molecule has 2 aromatic rings. The van der Waals surface area contributed by atoms with Crippen LogP contribution in [0.1, 0.15) is 12.0 Å². The molecule has 7 heteroatoms. The van der Waals surface area contributed by atoms with Gasteiger partial charge >= 0.3 is 0 Å². The number of rotatable bonds is 4. The lowest BCUT2D eigenvalue weighted by Crippen LogP contribution is -2.33. The van der Waals surface area contributed by atoms with E-state index < -0.39 is 5.60 Å². The molecule has 0 fully saturated rings. The standard InChI is InChI=1S/C14H13Cl2N3OS/c15-10-3-4-11(12(16)6-10)14(20,13-2-1-5-21-13)7-19-9-17-8-18-19/h2-4,6,8-9,20H,1,5,7H2/t14-/m0/s1. The number of aromatic nitrogens is 3. The van der Waals surface area contributed by atoms with E-state index in [2.05, 4.69) is 10.1 Å². The minimum Gasteiger partial charge on any atom is -0.378 e. The predicted octanol–water partition coefficient (Wildman–Crippen LogP) is 3.49. The Morgan fingerprint density at radius 3 is 2.86 bits per heavy atom. The molecular formula is C14H13Cl2N3OS. The number of benzene rings is 1. The van der Waals surface area contributed by atoms with Crippen molar-refractivity contribution in [2.24, 2.45) is 0 Å². The van der Waals surface area contributed by atoms with Crippen LogP contribution >= 0.6 is 35.0 Å². The molecule has 0 aliphatic carbocycles. The van der Waals surface area contributed by atoms with E-state index in [0.29, 0.717) is 15.6 Å². The lowest BCUT2D eigenvalue weighted by Gasteiger charge is -2.30. The lowest BCUT2D eigenvalue weighted by molar-refractivity contribution is 0.0617. The van der Waals surface area contributed by atoms with Crippen molar-refractivity contribution in [3.8, 4) is 0 Å². The van der Waals surface area contributed by atoms with Crippen LogP contribution < -0.4 is 0 Å². The summed E-state index contributed by atoms with van der Waals surface area (Å²) in [6.45, 7) is 0.257. The maximum atomic E-state index is 11.3. The Balaban J connectivity index is 2.06. The van der Waals surface area contributed by atoms with Gasteiger partial charge in [-0.15, -0.1) is 11.8 Å². The van der Waals surface area contributed by atoms with Gasteiger partial charge in [-0.3, -0.25) is 0 Å². The highest BCUT2D eigenvalue weighted by Gasteiger charge is 2.38. The summed E-state index contributed by atoms with van der Waals surface area (Å²) < 4.78 is 1.60. The normalized spacial score (nSPS) is 17.6. The fourth-order valence-corrected chi connectivity index (χ4v) is 4.05. The van der Waals surface area contributed by atoms with Crippen molar-refractivity contribution >= 4 is 35.0 Å². The van der Waals surface area contributed by atoms with Gasteiger partial charge in [-0.05, 0) is 18.6 Å². The van der Waals surface area contributed by atoms with Crippen LogP contribution in [-0.4, -0.2) is 25.6 Å². The molecule has 0 unspecified atom stereocenters. The molecule has 0 amide bonds. The van der Waals surface area contributed by atoms with E-state index in [1.165, 1.54) is 6.33 Å². The number of hydrogen-bond acceptors (Lipinski definition) is 4. The van der Waals surface area contributed by atoms with Crippen LogP contribution in [0.3, 0.4) is 0 Å². The van der Waals surface area contributed by atoms with Crippen LogP contribution in [0.2, 0.25) is 10.0 Å². The quantitative estimate of drug-likeness (QED) is 0.924. The molecule has 0 saturated heterocycles. The number of allylic oxidation sites excluding steroid dienone is 1. The molecule has 0 radical (unpaired) electrons. The van der Waals surface area contributed by atoms with Crippen molar-refractivity contribution < 1.29 is 5.11 Å². The molecule has 0 spiro atoms. The number of aliphatic hydroxyl groups is 1. The number of hydrogen-bond donors (Lipinski definition) is 1. The monoisotopic (exact) mass is 341 g/mol. The Hall–Kier alpha value is -1.01. The third-order valence-corrected chi connectivity index (χ3v) is 5.15. The first-order valence-corrected chi connectivity index (χ1v) is 8.17. The molecule has 110 valence electrons. The Morgan fingerprint density at radius 1 is 1.38 bits per heavy atom. The Kier molecular flexibility index (Phi) is 4.26. The highest BCUT2D eigenvalue weighted by Crippen LogP contribution is 2.44. The summed E-state index contributed by atoms with van der Waals surface area (Å²) in [5.74, 6) is 0.959. The van der Waals surface area contributed by atoms with Gasteiger partial charge in [-0.1, -0.05) is 35.3 Å². The number of thioether (sulfide) groups is 1. The van der Waals surface area contributed by atoms with Crippen LogP contribution in [0.4, 0.5) is 0 Å². The minimum atomic E-state index is -1.23. The van der Waals surface area contributed by atoms with Crippen LogP contribution in [0.5, 0.6) is 0 Å². The third kappa shape index (κ3) is 2.97. The van der Waals surface area contributed by atoms with E-state index in [-0.39, 0.29) is 6.54 Å². The van der Waals surface area contributed by atoms with E-state index in [1.54, 1.807) is 41.0 Å². The first kappa shape index (κ1) is 14.9. The van der Waals surface area contributed by atoms with Crippen molar-refractivity contribution in [2.45, 2.75) is 18.6 Å². The molecule has 3 rings (SSSR count). The molecule has 2 heterocycles. The number of nitrogens with zero attached hydrogens (tertiary/aromatic N) is 3. The zero-order valence-corrected chi connectivity index (χ0v) is 13.4. The van der Waals surface area contributed by atoms with Crippen LogP contribution in [-0.2, 0) is 12.1 Å². The van der Waals surface area contributed by atoms with Gasteiger partial charge in [-0.2, -0.15) is 5.10 Å². The molecule has 1 N–H and O–H groups in total. The van der Waals surface area contributed by atoms with Gasteiger partial charge in [0.1, 0.15) is 18.3 Å². The van der Waals surface area contributed by atoms with Crippen LogP contribution in [0.25, 0.3) is 0 Å². The highest BCUT2D eigenvalue weighted by atomic mass is 35.5. The van der Waals surface area contributed by atoms with Crippen LogP contribution in [0.15, 0.2) is 41.8 Å². The summed E-state index contributed by atoms with van der Waals surface area (Å²) in [5, 5.41) is 16.4. The molecule has 0 bridgehead atoms. The molecule has 1 aliphatic heterocycles. The summed E-state index contributed by atoms with van der Waals surface area (Å²) in [5.41, 5.74) is -0.596. The van der Waals surface area contributed by atoms with Gasteiger partial charge in [0.25, 0.3) is 0 Å². The summed E-state index contributed by atoms with van der Waals surface area (Å²) in [6, 6.07) is 5.14. The Bertz CT molecular complexity index is 675. The van der Waals surface area contributed by atoms with E-state index in [0.717, 1.165) is 17.1 Å². The van der Waals surface area contributed by atoms with Crippen molar-refractivity contribution in [3.63, 3.8) is 0 Å². The van der Waals surface area contributed by atoms with Crippen molar-refractivity contribution in [1.82, 2.24) is 14.8 Å². The maximum Gasteiger partial charge on any atom is 0.141 e. The van der Waals surface area contributed by atoms with Gasteiger partial charge in [0, 0.05) is 26.3 Å². The molecule has 21 heavy (non-hydrogen) atoms. The van der Waals surface area contributed by atoms with E-state index in [4.69, 9.17) is 23.2 Å². The molecule has 1 aromatic heterocycles. The minimum absolute atomic E-state index is 0.257. The second-order valence-electron chi connectivity index (χ2n) is 4.78. The summed E-state index contributed by atoms with van der Waals surface area (Å²) in [4.78, 5) is 4.81. The summed E-state index contributed by atoms with van der Waals surface area (Å²) >= 11 is 13.9. The molecule has 1 aliphatic rings. The third-order valence-electron chi connectivity index (χ3n) is 3.35. The topological polar surface area (TPSA) is 50.9 Å². The summed E-state index contributed by atoms with van der Waals surface area (Å²) in [7, 11) is 0. The van der Waals surface area contributed by atoms with E-state index >= 15 is 0 Å². The highest BCUT2D eigenvalue weighted by molar-refractivity contribution is 8.03. The second-order valence-corrected chi connectivity index (χ2v) is 6.76. The molecule has 0 saturated carbocycles. The maximum absolute atomic E-state index is 11.3. The fourth-order valence-electron chi connectivity index (χ4n) is 2.38. The van der Waals surface area contributed by atoms with Crippen molar-refractivity contribution in [3.05, 3.63) is 57.4 Å². The van der Waals surface area contributed by atoms with E-state index in [1.807, 2.05) is 6.08 Å². The molecule has 4 nitrogen and oxygen atoms in total. The average Bonchev–Trinajstić information content (AvgIpc) is 3.11. The lowest BCUT2D eigenvalue weighted by atomic mass is 9.92. The Morgan fingerprint density at radius 2 is 2.24 bits per heavy atom.